The first-order valence-electron chi connectivity index (χ1n) is 5.21. The van der Waals surface area contributed by atoms with Crippen LogP contribution in [0.5, 0.6) is 0 Å². The molecule has 0 aromatic heterocycles. The average Bonchev–Trinajstić information content (AvgIpc) is 2.17. The second-order valence-corrected chi connectivity index (χ2v) is 5.56. The van der Waals surface area contributed by atoms with Crippen molar-refractivity contribution in [3.8, 4) is 0 Å². The minimum Gasteiger partial charge on any atom is -0.383 e. The Kier molecular flexibility index (Phi) is 7.95. The van der Waals surface area contributed by atoms with E-state index in [9.17, 15) is 8.42 Å². The number of hydrogen-bond acceptors (Lipinski definition) is 4. The van der Waals surface area contributed by atoms with Crippen molar-refractivity contribution in [1.29, 1.82) is 0 Å². The van der Waals surface area contributed by atoms with Gasteiger partial charge in [-0.3, -0.25) is 0 Å². The zero-order chi connectivity index (χ0) is 11.7. The number of nitrogens with one attached hydrogen (secondary N) is 2. The van der Waals surface area contributed by atoms with E-state index in [2.05, 4.69) is 10.0 Å². The Morgan fingerprint density at radius 3 is 2.53 bits per heavy atom. The topological polar surface area (TPSA) is 67.4 Å². The molecule has 1 atom stereocenters. The molecule has 0 heterocycles. The third-order valence-electron chi connectivity index (χ3n) is 1.97. The van der Waals surface area contributed by atoms with Crippen LogP contribution in [0.15, 0.2) is 0 Å². The summed E-state index contributed by atoms with van der Waals surface area (Å²) < 4.78 is 29.6. The van der Waals surface area contributed by atoms with Crippen LogP contribution in [0.3, 0.4) is 0 Å². The first-order valence-corrected chi connectivity index (χ1v) is 6.86. The van der Waals surface area contributed by atoms with Crippen LogP contribution in [-0.2, 0) is 14.8 Å². The third-order valence-corrected chi connectivity index (χ3v) is 3.37. The van der Waals surface area contributed by atoms with Crippen LogP contribution in [0.4, 0.5) is 0 Å². The first kappa shape index (κ1) is 14.8. The minimum absolute atomic E-state index is 0.139. The number of rotatable bonds is 9. The molecule has 0 aliphatic rings. The summed E-state index contributed by atoms with van der Waals surface area (Å²) in [7, 11) is -1.37. The molecule has 15 heavy (non-hydrogen) atoms. The molecule has 92 valence electrons. The molecule has 0 saturated carbocycles. The number of ether oxygens (including phenoxy) is 1. The van der Waals surface area contributed by atoms with Crippen molar-refractivity contribution in [2.45, 2.75) is 26.3 Å². The molecular weight excluding hydrogens is 216 g/mol. The van der Waals surface area contributed by atoms with E-state index in [1.54, 1.807) is 14.0 Å². The van der Waals surface area contributed by atoms with Crippen molar-refractivity contribution in [2.75, 3.05) is 32.6 Å². The Morgan fingerprint density at radius 2 is 2.00 bits per heavy atom. The molecule has 0 amide bonds. The van der Waals surface area contributed by atoms with Crippen molar-refractivity contribution in [3.63, 3.8) is 0 Å². The fourth-order valence-corrected chi connectivity index (χ4v) is 1.73. The first-order chi connectivity index (χ1) is 7.02. The van der Waals surface area contributed by atoms with E-state index in [1.807, 2.05) is 6.92 Å². The molecule has 2 N–H and O–H groups in total. The summed E-state index contributed by atoms with van der Waals surface area (Å²) in [5.41, 5.74) is 0. The van der Waals surface area contributed by atoms with E-state index in [1.165, 1.54) is 0 Å². The lowest BCUT2D eigenvalue weighted by molar-refractivity contribution is 0.172. The van der Waals surface area contributed by atoms with Crippen LogP contribution in [0, 0.1) is 0 Å². The molecule has 0 aliphatic carbocycles. The van der Waals surface area contributed by atoms with Crippen molar-refractivity contribution in [1.82, 2.24) is 10.0 Å². The predicted octanol–water partition coefficient (Wildman–Crippen LogP) is -0.0597. The summed E-state index contributed by atoms with van der Waals surface area (Å²) >= 11 is 0. The van der Waals surface area contributed by atoms with E-state index >= 15 is 0 Å². The molecule has 0 radical (unpaired) electrons. The van der Waals surface area contributed by atoms with E-state index in [4.69, 9.17) is 4.74 Å². The van der Waals surface area contributed by atoms with Crippen LogP contribution < -0.4 is 10.0 Å². The van der Waals surface area contributed by atoms with Gasteiger partial charge in [0.2, 0.25) is 10.0 Å². The monoisotopic (exact) mass is 238 g/mol. The lowest BCUT2D eigenvalue weighted by Gasteiger charge is -2.12. The van der Waals surface area contributed by atoms with E-state index in [0.29, 0.717) is 19.2 Å². The molecular formula is C9H22N2O3S. The van der Waals surface area contributed by atoms with Gasteiger partial charge in [0.05, 0.1) is 12.4 Å². The third kappa shape index (κ3) is 8.80. The molecule has 0 aromatic rings. The van der Waals surface area contributed by atoms with E-state index in [0.717, 1.165) is 13.0 Å². The fourth-order valence-electron chi connectivity index (χ4n) is 1.08. The molecule has 1 unspecified atom stereocenters. The maximum atomic E-state index is 11.0. The van der Waals surface area contributed by atoms with Gasteiger partial charge in [-0.15, -0.1) is 0 Å². The average molecular weight is 238 g/mol. The predicted molar refractivity (Wildman–Crippen MR) is 61.4 cm³/mol. The molecule has 0 bridgehead atoms. The maximum Gasteiger partial charge on any atom is 0.211 e. The molecule has 0 rings (SSSR count). The number of sulfonamides is 1. The number of methoxy groups -OCH3 is 1. The molecule has 5 nitrogen and oxygen atoms in total. The second kappa shape index (κ2) is 8.04. The summed E-state index contributed by atoms with van der Waals surface area (Å²) in [6.45, 7) is 5.60. The molecule has 0 aromatic carbocycles. The minimum atomic E-state index is -3.03. The Morgan fingerprint density at radius 1 is 1.33 bits per heavy atom. The van der Waals surface area contributed by atoms with Gasteiger partial charge in [0.25, 0.3) is 0 Å². The quantitative estimate of drug-likeness (QED) is 0.552. The summed E-state index contributed by atoms with van der Waals surface area (Å²) in [5, 5.41) is 3.23. The smallest absolute Gasteiger partial charge is 0.211 e. The van der Waals surface area contributed by atoms with Gasteiger partial charge in [0, 0.05) is 19.7 Å². The van der Waals surface area contributed by atoms with Crippen LogP contribution in [0.1, 0.15) is 20.3 Å². The SMILES string of the molecule is CCS(=O)(=O)NCCCNC(C)COC. The molecule has 0 saturated heterocycles. The van der Waals surface area contributed by atoms with Gasteiger partial charge in [-0.05, 0) is 26.8 Å². The molecule has 6 heteroatoms. The van der Waals surface area contributed by atoms with Crippen LogP contribution >= 0.6 is 0 Å². The lowest BCUT2D eigenvalue weighted by atomic mass is 10.3. The Labute approximate surface area is 92.6 Å². The highest BCUT2D eigenvalue weighted by Gasteiger charge is 2.04. The zero-order valence-corrected chi connectivity index (χ0v) is 10.6. The van der Waals surface area contributed by atoms with Crippen molar-refractivity contribution < 1.29 is 13.2 Å². The highest BCUT2D eigenvalue weighted by Crippen LogP contribution is 1.85. The largest absolute Gasteiger partial charge is 0.383 e. The summed E-state index contributed by atoms with van der Waals surface area (Å²) in [4.78, 5) is 0. The highest BCUT2D eigenvalue weighted by molar-refractivity contribution is 7.89. The zero-order valence-electron chi connectivity index (χ0n) is 9.75. The molecule has 0 aliphatic heterocycles. The van der Waals surface area contributed by atoms with Crippen molar-refractivity contribution in [3.05, 3.63) is 0 Å². The van der Waals surface area contributed by atoms with Gasteiger partial charge >= 0.3 is 0 Å². The van der Waals surface area contributed by atoms with Gasteiger partial charge in [0.15, 0.2) is 0 Å². The normalized spacial score (nSPS) is 14.1. The summed E-state index contributed by atoms with van der Waals surface area (Å²) in [6, 6.07) is 0.304. The van der Waals surface area contributed by atoms with Gasteiger partial charge in [0.1, 0.15) is 0 Å². The van der Waals surface area contributed by atoms with E-state index in [-0.39, 0.29) is 5.75 Å². The second-order valence-electron chi connectivity index (χ2n) is 3.46. The van der Waals surface area contributed by atoms with Gasteiger partial charge in [-0.2, -0.15) is 0 Å². The van der Waals surface area contributed by atoms with Crippen LogP contribution in [-0.4, -0.2) is 47.0 Å². The maximum absolute atomic E-state index is 11.0. The Hall–Kier alpha value is -0.170. The Bertz CT molecular complexity index is 242. The van der Waals surface area contributed by atoms with Crippen molar-refractivity contribution >= 4 is 10.0 Å². The standard InChI is InChI=1S/C9H22N2O3S/c1-4-15(12,13)11-7-5-6-10-9(2)8-14-3/h9-11H,4-8H2,1-3H3. The Balaban J connectivity index is 3.40. The van der Waals surface area contributed by atoms with Gasteiger partial charge < -0.3 is 10.1 Å². The molecule has 0 fully saturated rings. The molecule has 0 spiro atoms. The number of hydrogen-bond donors (Lipinski definition) is 2. The fraction of sp³-hybridized carbons (Fsp3) is 1.00. The van der Waals surface area contributed by atoms with Crippen molar-refractivity contribution in [2.24, 2.45) is 0 Å². The van der Waals surface area contributed by atoms with E-state index < -0.39 is 10.0 Å². The van der Waals surface area contributed by atoms with Gasteiger partial charge in [-0.25, -0.2) is 13.1 Å². The highest BCUT2D eigenvalue weighted by atomic mass is 32.2. The van der Waals surface area contributed by atoms with Crippen LogP contribution in [0.25, 0.3) is 0 Å². The summed E-state index contributed by atoms with van der Waals surface area (Å²) in [5.74, 6) is 0.139. The van der Waals surface area contributed by atoms with Crippen LogP contribution in [0.2, 0.25) is 0 Å². The summed E-state index contributed by atoms with van der Waals surface area (Å²) in [6.07, 6.45) is 0.785. The lowest BCUT2D eigenvalue weighted by Crippen LogP contribution is -2.33. The van der Waals surface area contributed by atoms with Gasteiger partial charge in [-0.1, -0.05) is 0 Å².